The molecule has 0 spiro atoms. The van der Waals surface area contributed by atoms with E-state index in [1.165, 1.54) is 5.56 Å². The second-order valence-electron chi connectivity index (χ2n) is 8.78. The Morgan fingerprint density at radius 2 is 1.50 bits per heavy atom. The van der Waals surface area contributed by atoms with Crippen LogP contribution in [0.5, 0.6) is 17.2 Å². The highest BCUT2D eigenvalue weighted by Gasteiger charge is 2.38. The molecular formula is C30H25NO5. The van der Waals surface area contributed by atoms with Gasteiger partial charge >= 0.3 is 5.97 Å². The maximum atomic E-state index is 13.4. The van der Waals surface area contributed by atoms with E-state index in [9.17, 15) is 4.79 Å². The largest absolute Gasteiger partial charge is 0.497 e. The molecule has 180 valence electrons. The van der Waals surface area contributed by atoms with E-state index in [0.29, 0.717) is 29.4 Å². The van der Waals surface area contributed by atoms with Crippen molar-refractivity contribution in [1.82, 2.24) is 4.57 Å². The molecule has 1 aliphatic heterocycles. The first kappa shape index (κ1) is 22.0. The van der Waals surface area contributed by atoms with Gasteiger partial charge in [0, 0.05) is 18.3 Å². The Morgan fingerprint density at radius 1 is 0.778 bits per heavy atom. The monoisotopic (exact) mass is 479 g/mol. The number of aromatic nitrogens is 1. The number of benzene rings is 4. The van der Waals surface area contributed by atoms with Gasteiger partial charge in [-0.1, -0.05) is 30.3 Å². The smallest absolute Gasteiger partial charge is 0.340 e. The van der Waals surface area contributed by atoms with Gasteiger partial charge in [-0.15, -0.1) is 0 Å². The van der Waals surface area contributed by atoms with Crippen LogP contribution >= 0.6 is 0 Å². The van der Waals surface area contributed by atoms with Gasteiger partial charge in [0.05, 0.1) is 32.6 Å². The summed E-state index contributed by atoms with van der Waals surface area (Å²) in [6, 6.07) is 23.9. The molecule has 1 unspecified atom stereocenters. The Balaban J connectivity index is 1.63. The third-order valence-electron chi connectivity index (χ3n) is 6.89. The fraction of sp³-hybridized carbons (Fsp3) is 0.167. The molecule has 0 radical (unpaired) electrons. The molecule has 1 aromatic heterocycles. The lowest BCUT2D eigenvalue weighted by molar-refractivity contribution is 0.0447. The van der Waals surface area contributed by atoms with Crippen LogP contribution in [0, 0.1) is 0 Å². The summed E-state index contributed by atoms with van der Waals surface area (Å²) in [4.78, 5) is 13.4. The van der Waals surface area contributed by atoms with E-state index in [0.717, 1.165) is 32.8 Å². The number of carbonyl (C=O) groups excluding carboxylic acids is 1. The Labute approximate surface area is 208 Å². The summed E-state index contributed by atoms with van der Waals surface area (Å²) >= 11 is 0. The van der Waals surface area contributed by atoms with Gasteiger partial charge in [0.2, 0.25) is 0 Å². The van der Waals surface area contributed by atoms with Crippen LogP contribution in [0.2, 0.25) is 0 Å². The number of esters is 1. The predicted molar refractivity (Wildman–Crippen MR) is 138 cm³/mol. The van der Waals surface area contributed by atoms with Crippen LogP contribution in [0.4, 0.5) is 0 Å². The summed E-state index contributed by atoms with van der Waals surface area (Å²) in [5.41, 5.74) is 3.49. The first-order valence-corrected chi connectivity index (χ1v) is 11.7. The van der Waals surface area contributed by atoms with E-state index in [-0.39, 0.29) is 5.97 Å². The molecular weight excluding hydrogens is 454 g/mol. The topological polar surface area (TPSA) is 58.9 Å². The number of carbonyl (C=O) groups is 1. The lowest BCUT2D eigenvalue weighted by Crippen LogP contribution is -2.10. The van der Waals surface area contributed by atoms with Crippen molar-refractivity contribution < 1.29 is 23.7 Å². The van der Waals surface area contributed by atoms with Gasteiger partial charge in [0.1, 0.15) is 5.75 Å². The van der Waals surface area contributed by atoms with Crippen LogP contribution in [-0.2, 0) is 11.3 Å². The quantitative estimate of drug-likeness (QED) is 0.217. The maximum Gasteiger partial charge on any atom is 0.340 e. The molecule has 6 nitrogen and oxygen atoms in total. The molecule has 0 saturated heterocycles. The summed E-state index contributed by atoms with van der Waals surface area (Å²) in [6.07, 6.45) is 1.46. The molecule has 0 bridgehead atoms. The van der Waals surface area contributed by atoms with Crippen molar-refractivity contribution in [3.05, 3.63) is 101 Å². The third-order valence-corrected chi connectivity index (χ3v) is 6.89. The second-order valence-corrected chi connectivity index (χ2v) is 8.78. The molecule has 0 saturated carbocycles. The molecule has 6 heteroatoms. The van der Waals surface area contributed by atoms with Crippen LogP contribution in [0.15, 0.2) is 79.0 Å². The van der Waals surface area contributed by atoms with Crippen LogP contribution in [0.3, 0.4) is 0 Å². The van der Waals surface area contributed by atoms with E-state index >= 15 is 0 Å². The molecule has 1 atom stereocenters. The molecule has 0 N–H and O–H groups in total. The number of methoxy groups -OCH3 is 3. The third kappa shape index (κ3) is 3.37. The average Bonchev–Trinajstić information content (AvgIpc) is 3.52. The SMILES string of the molecule is COc1ccc2c3c(c4cc(OC)c(OC)cc4c2c1)C(c1cccn1Cc1ccccc1)OC3=O. The summed E-state index contributed by atoms with van der Waals surface area (Å²) in [6.45, 7) is 0.673. The Kier molecular flexibility index (Phi) is 5.29. The lowest BCUT2D eigenvalue weighted by Gasteiger charge is -2.19. The molecule has 0 aliphatic carbocycles. The van der Waals surface area contributed by atoms with Crippen molar-refractivity contribution >= 4 is 27.5 Å². The van der Waals surface area contributed by atoms with E-state index in [2.05, 4.69) is 16.7 Å². The molecule has 5 aromatic rings. The summed E-state index contributed by atoms with van der Waals surface area (Å²) < 4.78 is 25.0. The summed E-state index contributed by atoms with van der Waals surface area (Å²) in [5, 5.41) is 3.52. The number of nitrogens with zero attached hydrogens (tertiary/aromatic N) is 1. The standard InChI is InChI=1S/C30H25NO5/c1-33-19-11-12-20-21(14-19)22-15-25(34-2)26(35-3)16-23(22)27-28(20)30(32)36-29(27)24-10-7-13-31(24)17-18-8-5-4-6-9-18/h4-16,29H,17H2,1-3H3. The Bertz CT molecular complexity index is 1620. The zero-order valence-electron chi connectivity index (χ0n) is 20.3. The molecule has 2 heterocycles. The van der Waals surface area contributed by atoms with E-state index in [1.807, 2.05) is 66.9 Å². The Morgan fingerprint density at radius 3 is 2.22 bits per heavy atom. The maximum absolute atomic E-state index is 13.4. The van der Waals surface area contributed by atoms with Gasteiger partial charge in [-0.25, -0.2) is 4.79 Å². The minimum atomic E-state index is -0.557. The zero-order valence-corrected chi connectivity index (χ0v) is 20.3. The van der Waals surface area contributed by atoms with Crippen LogP contribution in [0.1, 0.15) is 33.3 Å². The fourth-order valence-corrected chi connectivity index (χ4v) is 5.21. The number of rotatable bonds is 6. The second kappa shape index (κ2) is 8.64. The normalized spacial score (nSPS) is 14.6. The average molecular weight is 480 g/mol. The number of hydrogen-bond acceptors (Lipinski definition) is 5. The first-order chi connectivity index (χ1) is 17.6. The van der Waals surface area contributed by atoms with Crippen molar-refractivity contribution in [1.29, 1.82) is 0 Å². The van der Waals surface area contributed by atoms with Gasteiger partial charge in [-0.3, -0.25) is 0 Å². The number of fused-ring (bicyclic) bond motifs is 6. The van der Waals surface area contributed by atoms with Gasteiger partial charge in [0.15, 0.2) is 17.6 Å². The van der Waals surface area contributed by atoms with Gasteiger partial charge in [-0.05, 0) is 69.6 Å². The Hall–Kier alpha value is -4.45. The summed E-state index contributed by atoms with van der Waals surface area (Å²) in [5.74, 6) is 1.57. The van der Waals surface area contributed by atoms with E-state index in [4.69, 9.17) is 18.9 Å². The fourth-order valence-electron chi connectivity index (χ4n) is 5.21. The molecule has 1 aliphatic rings. The molecule has 4 aromatic carbocycles. The van der Waals surface area contributed by atoms with Crippen LogP contribution in [-0.4, -0.2) is 31.9 Å². The van der Waals surface area contributed by atoms with Crippen molar-refractivity contribution in [3.63, 3.8) is 0 Å². The predicted octanol–water partition coefficient (Wildman–Crippen LogP) is 6.13. The molecule has 36 heavy (non-hydrogen) atoms. The van der Waals surface area contributed by atoms with Crippen LogP contribution in [0.25, 0.3) is 21.5 Å². The first-order valence-electron chi connectivity index (χ1n) is 11.7. The van der Waals surface area contributed by atoms with E-state index in [1.54, 1.807) is 21.3 Å². The van der Waals surface area contributed by atoms with Gasteiger partial charge in [0.25, 0.3) is 0 Å². The number of cyclic esters (lactones) is 1. The number of ether oxygens (including phenoxy) is 4. The van der Waals surface area contributed by atoms with Crippen molar-refractivity contribution in [2.45, 2.75) is 12.6 Å². The zero-order chi connectivity index (χ0) is 24.8. The van der Waals surface area contributed by atoms with Crippen molar-refractivity contribution in [2.75, 3.05) is 21.3 Å². The highest BCUT2D eigenvalue weighted by molar-refractivity contribution is 6.20. The molecule has 0 fully saturated rings. The van der Waals surface area contributed by atoms with Gasteiger partial charge in [-0.2, -0.15) is 0 Å². The minimum Gasteiger partial charge on any atom is -0.497 e. The van der Waals surface area contributed by atoms with Gasteiger partial charge < -0.3 is 23.5 Å². The minimum absolute atomic E-state index is 0.339. The molecule has 0 amide bonds. The number of hydrogen-bond donors (Lipinski definition) is 0. The van der Waals surface area contributed by atoms with Crippen molar-refractivity contribution in [2.24, 2.45) is 0 Å². The highest BCUT2D eigenvalue weighted by atomic mass is 16.5. The summed E-state index contributed by atoms with van der Waals surface area (Å²) in [7, 11) is 4.86. The highest BCUT2D eigenvalue weighted by Crippen LogP contribution is 2.48. The van der Waals surface area contributed by atoms with Crippen LogP contribution < -0.4 is 14.2 Å². The van der Waals surface area contributed by atoms with E-state index < -0.39 is 6.10 Å². The van der Waals surface area contributed by atoms with Crippen molar-refractivity contribution in [3.8, 4) is 17.2 Å². The molecule has 6 rings (SSSR count). The lowest BCUT2D eigenvalue weighted by atomic mass is 9.89.